The molecule has 2 fully saturated rings. The quantitative estimate of drug-likeness (QED) is 0.837. The lowest BCUT2D eigenvalue weighted by Gasteiger charge is -2.47. The minimum absolute atomic E-state index is 0.0382. The molecule has 2 aliphatic rings. The van der Waals surface area contributed by atoms with Crippen LogP contribution in [0.25, 0.3) is 0 Å². The Kier molecular flexibility index (Phi) is 5.05. The van der Waals surface area contributed by atoms with Gasteiger partial charge in [-0.1, -0.05) is 19.3 Å². The Bertz CT molecular complexity index is 243. The number of aliphatic hydroxyl groups is 1. The first kappa shape index (κ1) is 14.3. The van der Waals surface area contributed by atoms with Crippen LogP contribution in [0, 0.1) is 5.92 Å². The summed E-state index contributed by atoms with van der Waals surface area (Å²) in [5.74, 6) is 0.660. The summed E-state index contributed by atoms with van der Waals surface area (Å²) in [5.41, 5.74) is 0.0382. The topological polar surface area (TPSA) is 32.7 Å². The second-order valence-corrected chi connectivity index (χ2v) is 6.37. The zero-order valence-electron chi connectivity index (χ0n) is 12.0. The van der Waals surface area contributed by atoms with E-state index in [4.69, 9.17) is 4.74 Å². The number of ether oxygens (including phenoxy) is 1. The van der Waals surface area contributed by atoms with E-state index in [0.29, 0.717) is 5.92 Å². The monoisotopic (exact) mass is 255 g/mol. The van der Waals surface area contributed by atoms with Gasteiger partial charge in [-0.3, -0.25) is 0 Å². The van der Waals surface area contributed by atoms with Gasteiger partial charge in [0.15, 0.2) is 0 Å². The smallest absolute Gasteiger partial charge is 0.0726 e. The summed E-state index contributed by atoms with van der Waals surface area (Å²) < 4.78 is 5.41. The third-order valence-electron chi connectivity index (χ3n) is 5.13. The van der Waals surface area contributed by atoms with E-state index < -0.39 is 0 Å². The van der Waals surface area contributed by atoms with Crippen molar-refractivity contribution >= 4 is 0 Å². The second-order valence-electron chi connectivity index (χ2n) is 6.37. The molecule has 0 radical (unpaired) electrons. The molecule has 106 valence electrons. The maximum absolute atomic E-state index is 10.8. The Hall–Kier alpha value is -0.120. The fourth-order valence-electron chi connectivity index (χ4n) is 3.76. The first-order chi connectivity index (χ1) is 8.65. The summed E-state index contributed by atoms with van der Waals surface area (Å²) in [7, 11) is 4.27. The Labute approximate surface area is 112 Å². The van der Waals surface area contributed by atoms with E-state index in [1.807, 2.05) is 0 Å². The summed E-state index contributed by atoms with van der Waals surface area (Å²) in [5, 5.41) is 10.8. The van der Waals surface area contributed by atoms with Crippen LogP contribution in [0.3, 0.4) is 0 Å². The summed E-state index contributed by atoms with van der Waals surface area (Å²) >= 11 is 0. The van der Waals surface area contributed by atoms with Crippen LogP contribution in [-0.4, -0.2) is 49.0 Å². The standard InChI is InChI=1S/C15H29NO2/c1-16(2)15(8-4-3-5-9-15)14(17)12-13-6-10-18-11-7-13/h13-14,17H,3-12H2,1-2H3. The van der Waals surface area contributed by atoms with Crippen LogP contribution in [0.2, 0.25) is 0 Å². The van der Waals surface area contributed by atoms with Gasteiger partial charge in [-0.25, -0.2) is 0 Å². The molecule has 0 aromatic carbocycles. The first-order valence-corrected chi connectivity index (χ1v) is 7.58. The summed E-state index contributed by atoms with van der Waals surface area (Å²) in [6, 6.07) is 0. The number of rotatable bonds is 4. The summed E-state index contributed by atoms with van der Waals surface area (Å²) in [6.07, 6.45) is 9.22. The maximum Gasteiger partial charge on any atom is 0.0726 e. The molecule has 1 N–H and O–H groups in total. The molecule has 0 bridgehead atoms. The van der Waals surface area contributed by atoms with Gasteiger partial charge in [0.2, 0.25) is 0 Å². The average Bonchev–Trinajstić information content (AvgIpc) is 2.40. The van der Waals surface area contributed by atoms with E-state index in [1.54, 1.807) is 0 Å². The highest BCUT2D eigenvalue weighted by Gasteiger charge is 2.41. The van der Waals surface area contributed by atoms with Crippen molar-refractivity contribution in [3.05, 3.63) is 0 Å². The normalized spacial score (nSPS) is 27.3. The van der Waals surface area contributed by atoms with Gasteiger partial charge in [0.05, 0.1) is 6.10 Å². The molecule has 0 spiro atoms. The van der Waals surface area contributed by atoms with Gasteiger partial charge in [0.25, 0.3) is 0 Å². The third kappa shape index (κ3) is 3.06. The van der Waals surface area contributed by atoms with Crippen molar-refractivity contribution in [1.82, 2.24) is 4.90 Å². The van der Waals surface area contributed by atoms with Crippen LogP contribution in [-0.2, 0) is 4.74 Å². The Morgan fingerprint density at radius 2 is 1.78 bits per heavy atom. The van der Waals surface area contributed by atoms with E-state index in [2.05, 4.69) is 19.0 Å². The number of hydrogen-bond acceptors (Lipinski definition) is 3. The lowest BCUT2D eigenvalue weighted by Crippen LogP contribution is -2.55. The summed E-state index contributed by atoms with van der Waals surface area (Å²) in [4.78, 5) is 2.29. The van der Waals surface area contributed by atoms with Crippen molar-refractivity contribution in [2.75, 3.05) is 27.3 Å². The highest BCUT2D eigenvalue weighted by atomic mass is 16.5. The molecule has 0 aromatic heterocycles. The average molecular weight is 255 g/mol. The number of hydrogen-bond donors (Lipinski definition) is 1. The van der Waals surface area contributed by atoms with Crippen molar-refractivity contribution in [2.45, 2.75) is 63.0 Å². The SMILES string of the molecule is CN(C)C1(C(O)CC2CCOCC2)CCCCC1. The van der Waals surface area contributed by atoms with Crippen LogP contribution in [0.4, 0.5) is 0 Å². The van der Waals surface area contributed by atoms with Crippen LogP contribution in [0.15, 0.2) is 0 Å². The fourth-order valence-corrected chi connectivity index (χ4v) is 3.76. The number of likely N-dealkylation sites (N-methyl/N-ethyl adjacent to an activating group) is 1. The number of nitrogens with zero attached hydrogens (tertiary/aromatic N) is 1. The lowest BCUT2D eigenvalue weighted by molar-refractivity contribution is -0.0519. The highest BCUT2D eigenvalue weighted by Crippen LogP contribution is 2.38. The largest absolute Gasteiger partial charge is 0.391 e. The molecule has 0 aromatic rings. The molecule has 3 heteroatoms. The van der Waals surface area contributed by atoms with Crippen molar-refractivity contribution in [2.24, 2.45) is 5.92 Å². The molecular formula is C15H29NO2. The van der Waals surface area contributed by atoms with Crippen LogP contribution in [0.1, 0.15) is 51.4 Å². The lowest BCUT2D eigenvalue weighted by atomic mass is 9.73. The molecule has 1 saturated heterocycles. The second kappa shape index (κ2) is 6.36. The van der Waals surface area contributed by atoms with E-state index in [9.17, 15) is 5.11 Å². The van der Waals surface area contributed by atoms with Gasteiger partial charge >= 0.3 is 0 Å². The molecule has 1 saturated carbocycles. The zero-order valence-corrected chi connectivity index (χ0v) is 12.0. The molecule has 1 aliphatic carbocycles. The predicted octanol–water partition coefficient (Wildman–Crippen LogP) is 2.43. The van der Waals surface area contributed by atoms with Crippen molar-refractivity contribution in [3.63, 3.8) is 0 Å². The molecular weight excluding hydrogens is 226 g/mol. The zero-order chi connectivity index (χ0) is 13.0. The fraction of sp³-hybridized carbons (Fsp3) is 1.00. The molecule has 1 atom stereocenters. The van der Waals surface area contributed by atoms with Gasteiger partial charge in [-0.05, 0) is 52.1 Å². The Balaban J connectivity index is 1.96. The molecule has 18 heavy (non-hydrogen) atoms. The van der Waals surface area contributed by atoms with E-state index in [1.165, 1.54) is 19.3 Å². The van der Waals surface area contributed by atoms with E-state index in [-0.39, 0.29) is 11.6 Å². The van der Waals surface area contributed by atoms with Crippen molar-refractivity contribution < 1.29 is 9.84 Å². The molecule has 1 aliphatic heterocycles. The maximum atomic E-state index is 10.8. The molecule has 1 unspecified atom stereocenters. The molecule has 1 heterocycles. The molecule has 2 rings (SSSR count). The minimum atomic E-state index is -0.170. The van der Waals surface area contributed by atoms with Gasteiger partial charge in [0, 0.05) is 18.8 Å². The third-order valence-corrected chi connectivity index (χ3v) is 5.13. The van der Waals surface area contributed by atoms with Gasteiger partial charge in [0.1, 0.15) is 0 Å². The molecule has 3 nitrogen and oxygen atoms in total. The van der Waals surface area contributed by atoms with E-state index >= 15 is 0 Å². The van der Waals surface area contributed by atoms with Crippen LogP contribution < -0.4 is 0 Å². The highest BCUT2D eigenvalue weighted by molar-refractivity contribution is 4.97. The number of aliphatic hydroxyl groups excluding tert-OH is 1. The van der Waals surface area contributed by atoms with Crippen LogP contribution in [0.5, 0.6) is 0 Å². The van der Waals surface area contributed by atoms with E-state index in [0.717, 1.165) is 45.3 Å². The van der Waals surface area contributed by atoms with Gasteiger partial charge in [-0.2, -0.15) is 0 Å². The first-order valence-electron chi connectivity index (χ1n) is 7.58. The van der Waals surface area contributed by atoms with Crippen LogP contribution >= 0.6 is 0 Å². The Morgan fingerprint density at radius 3 is 2.33 bits per heavy atom. The summed E-state index contributed by atoms with van der Waals surface area (Å²) in [6.45, 7) is 1.76. The van der Waals surface area contributed by atoms with Gasteiger partial charge in [-0.15, -0.1) is 0 Å². The van der Waals surface area contributed by atoms with Crippen molar-refractivity contribution in [3.8, 4) is 0 Å². The minimum Gasteiger partial charge on any atom is -0.391 e. The van der Waals surface area contributed by atoms with Crippen molar-refractivity contribution in [1.29, 1.82) is 0 Å². The molecule has 0 amide bonds. The predicted molar refractivity (Wildman–Crippen MR) is 73.7 cm³/mol. The Morgan fingerprint density at radius 1 is 1.17 bits per heavy atom. The van der Waals surface area contributed by atoms with Gasteiger partial charge < -0.3 is 14.7 Å².